The van der Waals surface area contributed by atoms with Crippen molar-refractivity contribution < 1.29 is 34.4 Å². The molecule has 0 aliphatic carbocycles. The SMILES string of the molecule is CC(=O)/C=C(/C)O.Fc1cnc(-n2c3[c-]cccc3c3cccnc32)c2ccccc12.[Ir]. The summed E-state index contributed by atoms with van der Waals surface area (Å²) in [5.74, 6) is 0.271. The Morgan fingerprint density at radius 2 is 1.69 bits per heavy atom. The number of carbonyl (C=O) groups is 1. The molecule has 5 aromatic rings. The quantitative estimate of drug-likeness (QED) is 0.160. The van der Waals surface area contributed by atoms with Crippen molar-refractivity contribution in [2.24, 2.45) is 0 Å². The number of nitrogens with zero attached hydrogens (tertiary/aromatic N) is 3. The topological polar surface area (TPSA) is 68.0 Å². The first-order valence-electron chi connectivity index (χ1n) is 9.64. The molecular weight excluding hydrogens is 586 g/mol. The molecule has 1 radical (unpaired) electrons. The number of fused-ring (bicyclic) bond motifs is 4. The number of carbonyl (C=O) groups excluding carboxylic acids is 1. The summed E-state index contributed by atoms with van der Waals surface area (Å²) in [5.41, 5.74) is 1.68. The smallest absolute Gasteiger partial charge is 0.155 e. The molecule has 0 fully saturated rings. The van der Waals surface area contributed by atoms with Gasteiger partial charge in [0.25, 0.3) is 0 Å². The van der Waals surface area contributed by atoms with E-state index in [1.54, 1.807) is 12.3 Å². The van der Waals surface area contributed by atoms with Gasteiger partial charge in [-0.3, -0.25) is 4.79 Å². The standard InChI is InChI=1S/C20H11FN3.C5H8O2.Ir/c21-17-12-23-20(15-8-2-1-6-13(15)17)24-18-10-4-3-7-14(18)16-9-5-11-22-19(16)24;1-4(6)3-5(2)7;/h1-9,11-12H;3,6H,1-2H3;/q-1;;/b;4-3-;. The number of para-hydroxylation sites is 1. The van der Waals surface area contributed by atoms with Crippen LogP contribution in [-0.2, 0) is 24.9 Å². The summed E-state index contributed by atoms with van der Waals surface area (Å²) in [6.45, 7) is 2.85. The molecule has 0 amide bonds. The van der Waals surface area contributed by atoms with E-state index in [2.05, 4.69) is 16.0 Å². The fraction of sp³-hybridized carbons (Fsp3) is 0.0800. The third-order valence-corrected chi connectivity index (χ3v) is 4.70. The Bertz CT molecular complexity index is 1400. The number of ketones is 1. The average molecular weight is 605 g/mol. The molecule has 3 heterocycles. The minimum Gasteiger partial charge on any atom is -0.512 e. The molecule has 0 bridgehead atoms. The third kappa shape index (κ3) is 4.44. The number of pyridine rings is 2. The molecule has 5 nitrogen and oxygen atoms in total. The Morgan fingerprint density at radius 3 is 2.38 bits per heavy atom. The minimum absolute atomic E-state index is 0. The van der Waals surface area contributed by atoms with Gasteiger partial charge in [0, 0.05) is 43.2 Å². The van der Waals surface area contributed by atoms with Crippen LogP contribution in [0.4, 0.5) is 4.39 Å². The molecule has 0 aliphatic heterocycles. The van der Waals surface area contributed by atoms with E-state index in [-0.39, 0.29) is 37.5 Å². The molecule has 3 aromatic heterocycles. The molecule has 32 heavy (non-hydrogen) atoms. The van der Waals surface area contributed by atoms with Crippen LogP contribution in [0.5, 0.6) is 0 Å². The van der Waals surface area contributed by atoms with Crippen molar-refractivity contribution in [3.63, 3.8) is 0 Å². The van der Waals surface area contributed by atoms with Crippen LogP contribution in [0.2, 0.25) is 0 Å². The van der Waals surface area contributed by atoms with E-state index in [1.807, 2.05) is 53.1 Å². The van der Waals surface area contributed by atoms with Gasteiger partial charge in [-0.15, -0.1) is 5.39 Å². The fourth-order valence-corrected chi connectivity index (χ4v) is 3.54. The van der Waals surface area contributed by atoms with Crippen molar-refractivity contribution in [3.8, 4) is 5.82 Å². The van der Waals surface area contributed by atoms with Crippen molar-refractivity contribution in [3.05, 3.63) is 90.7 Å². The van der Waals surface area contributed by atoms with E-state index >= 15 is 0 Å². The van der Waals surface area contributed by atoms with Gasteiger partial charge < -0.3 is 9.67 Å². The van der Waals surface area contributed by atoms with Gasteiger partial charge >= 0.3 is 0 Å². The fourth-order valence-electron chi connectivity index (χ4n) is 3.54. The predicted octanol–water partition coefficient (Wildman–Crippen LogP) is 5.70. The Kier molecular flexibility index (Phi) is 7.13. The van der Waals surface area contributed by atoms with Crippen LogP contribution in [0.1, 0.15) is 13.8 Å². The van der Waals surface area contributed by atoms with Crippen LogP contribution in [0, 0.1) is 11.9 Å². The van der Waals surface area contributed by atoms with Gasteiger partial charge in [-0.25, -0.2) is 14.4 Å². The summed E-state index contributed by atoms with van der Waals surface area (Å²) < 4.78 is 16.1. The van der Waals surface area contributed by atoms with E-state index in [0.717, 1.165) is 27.3 Å². The van der Waals surface area contributed by atoms with Crippen molar-refractivity contribution in [2.45, 2.75) is 13.8 Å². The Balaban J connectivity index is 0.000000318. The van der Waals surface area contributed by atoms with E-state index in [4.69, 9.17) is 5.11 Å². The zero-order valence-corrected chi connectivity index (χ0v) is 19.7. The maximum atomic E-state index is 14.1. The molecule has 163 valence electrons. The van der Waals surface area contributed by atoms with Gasteiger partial charge in [0.15, 0.2) is 5.78 Å². The Hall–Kier alpha value is -3.41. The van der Waals surface area contributed by atoms with Crippen molar-refractivity contribution >= 4 is 38.5 Å². The van der Waals surface area contributed by atoms with Gasteiger partial charge in [-0.2, -0.15) is 24.3 Å². The first-order chi connectivity index (χ1) is 15.0. The average Bonchev–Trinajstić information content (AvgIpc) is 3.08. The minimum atomic E-state index is -0.327. The van der Waals surface area contributed by atoms with Crippen molar-refractivity contribution in [1.82, 2.24) is 14.5 Å². The summed E-state index contributed by atoms with van der Waals surface area (Å²) in [7, 11) is 0. The number of aliphatic hydroxyl groups is 1. The maximum absolute atomic E-state index is 14.1. The second kappa shape index (κ2) is 9.81. The van der Waals surface area contributed by atoms with Gasteiger partial charge in [0.2, 0.25) is 0 Å². The molecule has 0 saturated heterocycles. The zero-order valence-electron chi connectivity index (χ0n) is 17.3. The number of aromatic nitrogens is 3. The Labute approximate surface area is 197 Å². The number of hydrogen-bond acceptors (Lipinski definition) is 4. The molecule has 0 saturated carbocycles. The Morgan fingerprint density at radius 1 is 1.00 bits per heavy atom. The van der Waals surface area contributed by atoms with Gasteiger partial charge in [0.05, 0.1) is 12.0 Å². The number of aliphatic hydroxyl groups excluding tert-OH is 1. The van der Waals surface area contributed by atoms with E-state index in [1.165, 1.54) is 26.1 Å². The van der Waals surface area contributed by atoms with Crippen molar-refractivity contribution in [2.75, 3.05) is 0 Å². The molecule has 7 heteroatoms. The van der Waals surface area contributed by atoms with Crippen LogP contribution < -0.4 is 0 Å². The molecule has 2 aromatic carbocycles. The largest absolute Gasteiger partial charge is 0.512 e. The normalized spacial score (nSPS) is 11.2. The maximum Gasteiger partial charge on any atom is 0.155 e. The second-order valence-electron chi connectivity index (χ2n) is 7.01. The van der Waals surface area contributed by atoms with Crippen LogP contribution in [0.25, 0.3) is 38.5 Å². The molecular formula is C25H19FIrN3O2-. The summed E-state index contributed by atoms with van der Waals surface area (Å²) in [6.07, 6.45) is 4.19. The van der Waals surface area contributed by atoms with E-state index in [9.17, 15) is 9.18 Å². The zero-order chi connectivity index (χ0) is 22.0. The van der Waals surface area contributed by atoms with Gasteiger partial charge in [0.1, 0.15) is 17.3 Å². The molecule has 1 N–H and O–H groups in total. The molecule has 5 rings (SSSR count). The predicted molar refractivity (Wildman–Crippen MR) is 120 cm³/mol. The second-order valence-corrected chi connectivity index (χ2v) is 7.01. The first-order valence-corrected chi connectivity index (χ1v) is 9.64. The van der Waals surface area contributed by atoms with Gasteiger partial charge in [-0.1, -0.05) is 35.8 Å². The number of rotatable bonds is 2. The first kappa shape index (κ1) is 23.3. The number of hydrogen-bond donors (Lipinski definition) is 1. The summed E-state index contributed by atoms with van der Waals surface area (Å²) >= 11 is 0. The van der Waals surface area contributed by atoms with Crippen molar-refractivity contribution in [1.29, 1.82) is 0 Å². The van der Waals surface area contributed by atoms with E-state index < -0.39 is 0 Å². The molecule has 0 aliphatic rings. The molecule has 0 atom stereocenters. The van der Waals surface area contributed by atoms with Crippen LogP contribution in [-0.4, -0.2) is 25.4 Å². The van der Waals surface area contributed by atoms with Crippen LogP contribution >= 0.6 is 0 Å². The van der Waals surface area contributed by atoms with Crippen LogP contribution in [0.3, 0.4) is 0 Å². The summed E-state index contributed by atoms with van der Waals surface area (Å²) in [4.78, 5) is 18.9. The summed E-state index contributed by atoms with van der Waals surface area (Å²) in [6, 6.07) is 20.4. The number of benzene rings is 2. The number of allylic oxidation sites excluding steroid dienone is 2. The van der Waals surface area contributed by atoms with E-state index in [0.29, 0.717) is 11.2 Å². The molecule has 0 unspecified atom stereocenters. The van der Waals surface area contributed by atoms with Crippen LogP contribution in [0.15, 0.2) is 78.8 Å². The molecule has 0 spiro atoms. The monoisotopic (exact) mass is 605 g/mol. The third-order valence-electron chi connectivity index (χ3n) is 4.70. The summed E-state index contributed by atoms with van der Waals surface area (Å²) in [5, 5.41) is 11.7. The number of halogens is 1. The van der Waals surface area contributed by atoms with Gasteiger partial charge in [-0.05, 0) is 25.3 Å².